The molecule has 0 aliphatic carbocycles. The summed E-state index contributed by atoms with van der Waals surface area (Å²) in [7, 11) is -2.85. The maximum atomic E-state index is 11.4. The lowest BCUT2D eigenvalue weighted by Gasteiger charge is -2.19. The summed E-state index contributed by atoms with van der Waals surface area (Å²) < 4.78 is 22.4. The van der Waals surface area contributed by atoms with Crippen LogP contribution in [0.5, 0.6) is 0 Å². The first-order valence-electron chi connectivity index (χ1n) is 5.90. The molecule has 17 heavy (non-hydrogen) atoms. The van der Waals surface area contributed by atoms with Gasteiger partial charge in [0.05, 0.1) is 11.5 Å². The molecular formula is C11H22N2O3S. The van der Waals surface area contributed by atoms with Gasteiger partial charge in [0, 0.05) is 13.1 Å². The first kappa shape index (κ1) is 14.3. The predicted octanol–water partition coefficient (Wildman–Crippen LogP) is 0.766. The minimum absolute atomic E-state index is 0.0496. The summed E-state index contributed by atoms with van der Waals surface area (Å²) in [5.74, 6) is 0.524. The van der Waals surface area contributed by atoms with Gasteiger partial charge >= 0.3 is 6.03 Å². The van der Waals surface area contributed by atoms with Crippen LogP contribution < -0.4 is 10.6 Å². The molecule has 100 valence electrons. The molecule has 2 N–H and O–H groups in total. The van der Waals surface area contributed by atoms with Gasteiger partial charge in [0.2, 0.25) is 0 Å². The van der Waals surface area contributed by atoms with Crippen LogP contribution in [0.15, 0.2) is 0 Å². The third-order valence-electron chi connectivity index (χ3n) is 2.66. The summed E-state index contributed by atoms with van der Waals surface area (Å²) in [5.41, 5.74) is 0.0496. The summed E-state index contributed by atoms with van der Waals surface area (Å²) in [6.45, 7) is 7.15. The Morgan fingerprint density at radius 1 is 1.29 bits per heavy atom. The fourth-order valence-corrected chi connectivity index (χ4v) is 3.54. The third-order valence-corrected chi connectivity index (χ3v) is 4.49. The number of hydrogen-bond acceptors (Lipinski definition) is 3. The largest absolute Gasteiger partial charge is 0.338 e. The van der Waals surface area contributed by atoms with E-state index >= 15 is 0 Å². The molecule has 0 saturated carbocycles. The van der Waals surface area contributed by atoms with Gasteiger partial charge in [0.15, 0.2) is 9.84 Å². The van der Waals surface area contributed by atoms with Gasteiger partial charge in [-0.25, -0.2) is 13.2 Å². The van der Waals surface area contributed by atoms with Crippen molar-refractivity contribution in [1.29, 1.82) is 0 Å². The quantitative estimate of drug-likeness (QED) is 0.788. The Balaban J connectivity index is 2.21. The average Bonchev–Trinajstić information content (AvgIpc) is 2.51. The highest BCUT2D eigenvalue weighted by Gasteiger charge is 2.27. The molecule has 1 aliphatic rings. The molecule has 0 radical (unpaired) electrons. The van der Waals surface area contributed by atoms with Crippen molar-refractivity contribution in [3.8, 4) is 0 Å². The number of sulfone groups is 1. The molecule has 1 atom stereocenters. The van der Waals surface area contributed by atoms with Gasteiger partial charge < -0.3 is 10.6 Å². The number of rotatable bonds is 3. The van der Waals surface area contributed by atoms with Crippen LogP contribution in [0.4, 0.5) is 4.79 Å². The minimum Gasteiger partial charge on any atom is -0.338 e. The minimum atomic E-state index is -2.85. The van der Waals surface area contributed by atoms with E-state index in [9.17, 15) is 13.2 Å². The summed E-state index contributed by atoms with van der Waals surface area (Å²) in [6, 6.07) is -0.218. The van der Waals surface area contributed by atoms with Crippen molar-refractivity contribution in [3.05, 3.63) is 0 Å². The van der Waals surface area contributed by atoms with Crippen LogP contribution in [0.25, 0.3) is 0 Å². The van der Waals surface area contributed by atoms with E-state index in [4.69, 9.17) is 0 Å². The molecule has 0 aromatic rings. The maximum absolute atomic E-state index is 11.4. The second kappa shape index (κ2) is 5.25. The smallest absolute Gasteiger partial charge is 0.314 e. The topological polar surface area (TPSA) is 75.3 Å². The van der Waals surface area contributed by atoms with Crippen LogP contribution in [0, 0.1) is 11.3 Å². The van der Waals surface area contributed by atoms with Crippen LogP contribution >= 0.6 is 0 Å². The number of carbonyl (C=O) groups is 1. The number of urea groups is 1. The Hall–Kier alpha value is -0.780. The van der Waals surface area contributed by atoms with E-state index in [1.807, 2.05) is 20.8 Å². The highest BCUT2D eigenvalue weighted by atomic mass is 32.2. The van der Waals surface area contributed by atoms with Crippen molar-refractivity contribution in [1.82, 2.24) is 10.6 Å². The van der Waals surface area contributed by atoms with Gasteiger partial charge in [-0.3, -0.25) is 0 Å². The van der Waals surface area contributed by atoms with Crippen molar-refractivity contribution < 1.29 is 13.2 Å². The van der Waals surface area contributed by atoms with E-state index in [1.165, 1.54) is 0 Å². The second-order valence-corrected chi connectivity index (χ2v) is 8.12. The highest BCUT2D eigenvalue weighted by Crippen LogP contribution is 2.17. The number of hydrogen-bond donors (Lipinski definition) is 2. The molecule has 2 amide bonds. The molecular weight excluding hydrogens is 240 g/mol. The lowest BCUT2D eigenvalue weighted by molar-refractivity contribution is 0.234. The van der Waals surface area contributed by atoms with E-state index < -0.39 is 9.84 Å². The lowest BCUT2D eigenvalue weighted by Crippen LogP contribution is -2.41. The number of amides is 2. The fraction of sp³-hybridized carbons (Fsp3) is 0.909. The van der Waals surface area contributed by atoms with Gasteiger partial charge in [-0.1, -0.05) is 20.8 Å². The summed E-state index contributed by atoms with van der Waals surface area (Å²) in [4.78, 5) is 11.4. The summed E-state index contributed by atoms with van der Waals surface area (Å²) in [6.07, 6.45) is 0.655. The van der Waals surface area contributed by atoms with Gasteiger partial charge in [-0.05, 0) is 17.8 Å². The molecule has 5 nitrogen and oxygen atoms in total. The predicted molar refractivity (Wildman–Crippen MR) is 67.6 cm³/mol. The van der Waals surface area contributed by atoms with Crippen molar-refractivity contribution in [2.75, 3.05) is 24.6 Å². The number of carbonyl (C=O) groups excluding carboxylic acids is 1. The average molecular weight is 262 g/mol. The van der Waals surface area contributed by atoms with Crippen molar-refractivity contribution >= 4 is 15.9 Å². The molecule has 1 unspecified atom stereocenters. The molecule has 1 heterocycles. The Labute approximate surface area is 103 Å². The molecule has 1 aliphatic heterocycles. The lowest BCUT2D eigenvalue weighted by atomic mass is 9.97. The van der Waals surface area contributed by atoms with Gasteiger partial charge in [0.1, 0.15) is 0 Å². The van der Waals surface area contributed by atoms with Crippen LogP contribution in [0.3, 0.4) is 0 Å². The molecule has 1 fully saturated rings. The number of nitrogens with one attached hydrogen (secondary N) is 2. The monoisotopic (exact) mass is 262 g/mol. The first-order chi connectivity index (χ1) is 7.68. The Morgan fingerprint density at radius 3 is 2.41 bits per heavy atom. The summed E-state index contributed by atoms with van der Waals surface area (Å²) in [5, 5.41) is 5.49. The van der Waals surface area contributed by atoms with E-state index in [1.54, 1.807) is 0 Å². The molecule has 0 spiro atoms. The second-order valence-electron chi connectivity index (χ2n) is 5.89. The molecule has 6 heteroatoms. The van der Waals surface area contributed by atoms with Crippen LogP contribution in [-0.2, 0) is 9.84 Å². The first-order valence-corrected chi connectivity index (χ1v) is 7.72. The Morgan fingerprint density at radius 2 is 1.94 bits per heavy atom. The fourth-order valence-electron chi connectivity index (χ4n) is 1.68. The SMILES string of the molecule is CC(C)(C)CNC(=O)NCC1CCS(=O)(=O)C1. The van der Waals surface area contributed by atoms with Gasteiger partial charge in [-0.2, -0.15) is 0 Å². The Bertz CT molecular complexity index is 371. The zero-order chi connectivity index (χ0) is 13.1. The van der Waals surface area contributed by atoms with Crippen LogP contribution in [-0.4, -0.2) is 39.0 Å². The molecule has 1 rings (SSSR count). The maximum Gasteiger partial charge on any atom is 0.314 e. The van der Waals surface area contributed by atoms with E-state index in [-0.39, 0.29) is 28.9 Å². The zero-order valence-electron chi connectivity index (χ0n) is 10.7. The van der Waals surface area contributed by atoms with Gasteiger partial charge in [-0.15, -0.1) is 0 Å². The van der Waals surface area contributed by atoms with Crippen LogP contribution in [0.1, 0.15) is 27.2 Å². The van der Waals surface area contributed by atoms with Crippen molar-refractivity contribution in [2.24, 2.45) is 11.3 Å². The van der Waals surface area contributed by atoms with Crippen molar-refractivity contribution in [3.63, 3.8) is 0 Å². The standard InChI is InChI=1S/C11H22N2O3S/c1-11(2,3)8-13-10(14)12-6-9-4-5-17(15,16)7-9/h9H,4-8H2,1-3H3,(H2,12,13,14). The molecule has 0 aromatic carbocycles. The van der Waals surface area contributed by atoms with E-state index in [0.29, 0.717) is 19.5 Å². The van der Waals surface area contributed by atoms with Crippen LogP contribution in [0.2, 0.25) is 0 Å². The van der Waals surface area contributed by atoms with Crippen molar-refractivity contribution in [2.45, 2.75) is 27.2 Å². The normalized spacial score (nSPS) is 23.4. The third kappa shape index (κ3) is 5.91. The van der Waals surface area contributed by atoms with E-state index in [0.717, 1.165) is 0 Å². The summed E-state index contributed by atoms with van der Waals surface area (Å²) >= 11 is 0. The van der Waals surface area contributed by atoms with Gasteiger partial charge in [0.25, 0.3) is 0 Å². The highest BCUT2D eigenvalue weighted by molar-refractivity contribution is 7.91. The zero-order valence-corrected chi connectivity index (χ0v) is 11.6. The molecule has 0 bridgehead atoms. The Kier molecular flexibility index (Phi) is 4.41. The van der Waals surface area contributed by atoms with E-state index in [2.05, 4.69) is 10.6 Å². The molecule has 1 saturated heterocycles. The molecule has 0 aromatic heterocycles.